The number of hydroxylamine groups is 1. The smallest absolute Gasteiger partial charge is 0.249 e. The molecule has 0 spiro atoms. The number of hydrazine groups is 1. The standard InChI is InChI=1S/C24H31N3O5S/c1-3-4-17-21(22(24(29)26-30)18-11-14-19-12-7-5-8-13-19)23(28)25-27(33(2,31)32)20-15-9-6-10-16-20/h5-16,21-22,30H,3-4,17-18H2,1-2H3,(H,25,28)(H,26,29)/t21-,22+/m1/s1. The molecule has 0 aliphatic carbocycles. The molecule has 2 atom stereocenters. The molecule has 178 valence electrons. The first-order chi connectivity index (χ1) is 15.8. The number of carbonyl (C=O) groups is 2. The Labute approximate surface area is 195 Å². The van der Waals surface area contributed by atoms with Gasteiger partial charge in [0, 0.05) is 0 Å². The van der Waals surface area contributed by atoms with Gasteiger partial charge in [-0.05, 0) is 30.5 Å². The largest absolute Gasteiger partial charge is 0.289 e. The van der Waals surface area contributed by atoms with Crippen LogP contribution in [0, 0.1) is 11.8 Å². The van der Waals surface area contributed by atoms with Gasteiger partial charge in [-0.1, -0.05) is 80.4 Å². The van der Waals surface area contributed by atoms with Crippen LogP contribution in [-0.4, -0.2) is 31.7 Å². The molecule has 2 aromatic rings. The Morgan fingerprint density at radius 2 is 1.61 bits per heavy atom. The molecule has 0 aliphatic rings. The van der Waals surface area contributed by atoms with Gasteiger partial charge in [0.05, 0.1) is 23.8 Å². The molecular formula is C24H31N3O5S. The van der Waals surface area contributed by atoms with E-state index in [-0.39, 0.29) is 12.1 Å². The van der Waals surface area contributed by atoms with Crippen molar-refractivity contribution >= 4 is 33.6 Å². The minimum Gasteiger partial charge on any atom is -0.289 e. The summed E-state index contributed by atoms with van der Waals surface area (Å²) >= 11 is 0. The first-order valence-corrected chi connectivity index (χ1v) is 12.6. The van der Waals surface area contributed by atoms with Gasteiger partial charge in [-0.3, -0.25) is 20.2 Å². The Morgan fingerprint density at radius 3 is 2.15 bits per heavy atom. The molecule has 3 N–H and O–H groups in total. The van der Waals surface area contributed by atoms with Gasteiger partial charge < -0.3 is 0 Å². The summed E-state index contributed by atoms with van der Waals surface area (Å²) in [4.78, 5) is 25.8. The third-order valence-corrected chi connectivity index (χ3v) is 6.14. The summed E-state index contributed by atoms with van der Waals surface area (Å²) < 4.78 is 25.6. The quantitative estimate of drug-likeness (QED) is 0.322. The fourth-order valence-corrected chi connectivity index (χ4v) is 4.24. The summed E-state index contributed by atoms with van der Waals surface area (Å²) in [5.41, 5.74) is 5.33. The number of amides is 2. The van der Waals surface area contributed by atoms with Crippen molar-refractivity contribution in [1.29, 1.82) is 0 Å². The highest BCUT2D eigenvalue weighted by Gasteiger charge is 2.34. The fourth-order valence-electron chi connectivity index (χ4n) is 3.48. The summed E-state index contributed by atoms with van der Waals surface area (Å²) in [5.74, 6) is -3.06. The lowest BCUT2D eigenvalue weighted by Gasteiger charge is -2.28. The first kappa shape index (κ1) is 26.1. The number of allylic oxidation sites excluding steroid dienone is 1. The highest BCUT2D eigenvalue weighted by atomic mass is 32.2. The van der Waals surface area contributed by atoms with Crippen LogP contribution in [0.5, 0.6) is 0 Å². The Balaban J connectivity index is 2.30. The summed E-state index contributed by atoms with van der Waals surface area (Å²) in [6.07, 6.45) is 6.57. The number of unbranched alkanes of at least 4 members (excludes halogenated alkanes) is 1. The Hall–Kier alpha value is -3.17. The molecule has 2 amide bonds. The maximum Gasteiger partial charge on any atom is 0.249 e. The van der Waals surface area contributed by atoms with E-state index >= 15 is 0 Å². The predicted octanol–water partition coefficient (Wildman–Crippen LogP) is 3.52. The number of benzene rings is 2. The van der Waals surface area contributed by atoms with Crippen molar-refractivity contribution in [2.24, 2.45) is 11.8 Å². The molecule has 2 aromatic carbocycles. The van der Waals surface area contributed by atoms with E-state index in [4.69, 9.17) is 0 Å². The Bertz CT molecular complexity index is 1030. The molecule has 0 fully saturated rings. The van der Waals surface area contributed by atoms with Gasteiger partial charge in [-0.15, -0.1) is 0 Å². The van der Waals surface area contributed by atoms with Gasteiger partial charge in [0.2, 0.25) is 21.8 Å². The highest BCUT2D eigenvalue weighted by Crippen LogP contribution is 2.25. The number of hydrogen-bond donors (Lipinski definition) is 3. The number of para-hydroxylation sites is 1. The topological polar surface area (TPSA) is 116 Å². The molecular weight excluding hydrogens is 442 g/mol. The monoisotopic (exact) mass is 473 g/mol. The minimum atomic E-state index is -3.83. The van der Waals surface area contributed by atoms with E-state index in [1.54, 1.807) is 41.9 Å². The molecule has 0 radical (unpaired) electrons. The molecule has 9 heteroatoms. The van der Waals surface area contributed by atoms with Crippen LogP contribution in [0.3, 0.4) is 0 Å². The number of sulfonamides is 1. The van der Waals surface area contributed by atoms with Gasteiger partial charge in [0.1, 0.15) is 0 Å². The lowest BCUT2D eigenvalue weighted by molar-refractivity contribution is -0.140. The van der Waals surface area contributed by atoms with Crippen molar-refractivity contribution in [2.75, 3.05) is 10.7 Å². The average Bonchev–Trinajstić information content (AvgIpc) is 2.81. The average molecular weight is 474 g/mol. The summed E-state index contributed by atoms with van der Waals surface area (Å²) in [6.45, 7) is 1.96. The van der Waals surface area contributed by atoms with E-state index in [1.807, 2.05) is 43.3 Å². The van der Waals surface area contributed by atoms with Crippen LogP contribution in [0.4, 0.5) is 5.69 Å². The number of hydrogen-bond acceptors (Lipinski definition) is 5. The normalized spacial score (nSPS) is 13.3. The molecule has 0 bridgehead atoms. The van der Waals surface area contributed by atoms with Crippen molar-refractivity contribution in [3.8, 4) is 0 Å². The van der Waals surface area contributed by atoms with Crippen LogP contribution < -0.4 is 15.3 Å². The van der Waals surface area contributed by atoms with Gasteiger partial charge >= 0.3 is 0 Å². The van der Waals surface area contributed by atoms with Crippen LogP contribution in [0.1, 0.15) is 38.2 Å². The molecule has 0 unspecified atom stereocenters. The number of nitrogens with zero attached hydrogens (tertiary/aromatic N) is 1. The zero-order valence-electron chi connectivity index (χ0n) is 18.8. The van der Waals surface area contributed by atoms with Gasteiger partial charge in [-0.2, -0.15) is 4.41 Å². The molecule has 0 heterocycles. The van der Waals surface area contributed by atoms with E-state index in [0.29, 0.717) is 12.8 Å². The van der Waals surface area contributed by atoms with Gasteiger partial charge in [-0.25, -0.2) is 13.9 Å². The second kappa shape index (κ2) is 12.8. The lowest BCUT2D eigenvalue weighted by Crippen LogP contribution is -2.50. The molecule has 0 saturated carbocycles. The highest BCUT2D eigenvalue weighted by molar-refractivity contribution is 7.92. The first-order valence-electron chi connectivity index (χ1n) is 10.8. The molecule has 0 saturated heterocycles. The van der Waals surface area contributed by atoms with E-state index in [1.165, 1.54) is 0 Å². The van der Waals surface area contributed by atoms with E-state index < -0.39 is 33.7 Å². The van der Waals surface area contributed by atoms with Gasteiger partial charge in [0.25, 0.3) is 0 Å². The number of carbonyl (C=O) groups excluding carboxylic acids is 2. The van der Waals surface area contributed by atoms with Crippen molar-refractivity contribution in [3.63, 3.8) is 0 Å². The number of anilines is 1. The SMILES string of the molecule is CCCC[C@@H](C(=O)NN(c1ccccc1)S(C)(=O)=O)[C@H](CC=Cc1ccccc1)C(=O)NO. The molecule has 0 aromatic heterocycles. The van der Waals surface area contributed by atoms with Crippen molar-refractivity contribution < 1.29 is 23.2 Å². The summed E-state index contributed by atoms with van der Waals surface area (Å²) in [6, 6.07) is 17.6. The summed E-state index contributed by atoms with van der Waals surface area (Å²) in [7, 11) is -3.83. The predicted molar refractivity (Wildman–Crippen MR) is 128 cm³/mol. The van der Waals surface area contributed by atoms with Crippen LogP contribution in [-0.2, 0) is 19.6 Å². The minimum absolute atomic E-state index is 0.188. The zero-order chi connectivity index (χ0) is 24.3. The van der Waals surface area contributed by atoms with Crippen molar-refractivity contribution in [1.82, 2.24) is 10.9 Å². The maximum atomic E-state index is 13.3. The molecule has 0 aliphatic heterocycles. The van der Waals surface area contributed by atoms with E-state index in [0.717, 1.165) is 22.7 Å². The zero-order valence-corrected chi connectivity index (χ0v) is 19.7. The Kier molecular flexibility index (Phi) is 10.1. The van der Waals surface area contributed by atoms with Crippen molar-refractivity contribution in [2.45, 2.75) is 32.6 Å². The van der Waals surface area contributed by atoms with Crippen LogP contribution in [0.15, 0.2) is 66.7 Å². The molecule has 33 heavy (non-hydrogen) atoms. The third kappa shape index (κ3) is 8.03. The van der Waals surface area contributed by atoms with Crippen molar-refractivity contribution in [3.05, 3.63) is 72.3 Å². The summed E-state index contributed by atoms with van der Waals surface area (Å²) in [5, 5.41) is 9.31. The number of rotatable bonds is 12. The second-order valence-electron chi connectivity index (χ2n) is 7.72. The lowest BCUT2D eigenvalue weighted by atomic mass is 9.84. The fraction of sp³-hybridized carbons (Fsp3) is 0.333. The number of nitrogens with one attached hydrogen (secondary N) is 2. The molecule has 2 rings (SSSR count). The van der Waals surface area contributed by atoms with Crippen LogP contribution in [0.25, 0.3) is 6.08 Å². The maximum absolute atomic E-state index is 13.3. The van der Waals surface area contributed by atoms with E-state index in [2.05, 4.69) is 5.43 Å². The second-order valence-corrected chi connectivity index (χ2v) is 9.55. The van der Waals surface area contributed by atoms with E-state index in [9.17, 15) is 23.2 Å². The van der Waals surface area contributed by atoms with Gasteiger partial charge in [0.15, 0.2) is 0 Å². The Morgan fingerprint density at radius 1 is 1.00 bits per heavy atom. The van der Waals surface area contributed by atoms with Crippen LogP contribution >= 0.6 is 0 Å². The molecule has 8 nitrogen and oxygen atoms in total. The van der Waals surface area contributed by atoms with Crippen LogP contribution in [0.2, 0.25) is 0 Å². The third-order valence-electron chi connectivity index (χ3n) is 5.17.